The van der Waals surface area contributed by atoms with Crippen molar-refractivity contribution in [1.29, 1.82) is 0 Å². The van der Waals surface area contributed by atoms with Gasteiger partial charge in [-0.15, -0.1) is 0 Å². The summed E-state index contributed by atoms with van der Waals surface area (Å²) >= 11 is 6.26. The second kappa shape index (κ2) is 9.14. The molecule has 6 heteroatoms. The summed E-state index contributed by atoms with van der Waals surface area (Å²) in [5.41, 5.74) is 1.75. The van der Waals surface area contributed by atoms with Gasteiger partial charge in [-0.1, -0.05) is 23.7 Å². The summed E-state index contributed by atoms with van der Waals surface area (Å²) in [6.45, 7) is 6.97. The van der Waals surface area contributed by atoms with Gasteiger partial charge >= 0.3 is 0 Å². The number of likely N-dealkylation sites (tertiary alicyclic amines) is 1. The monoisotopic (exact) mass is 419 g/mol. The van der Waals surface area contributed by atoms with E-state index in [1.165, 1.54) is 20.8 Å². The van der Waals surface area contributed by atoms with Crippen molar-refractivity contribution < 1.29 is 18.7 Å². The fourth-order valence-corrected chi connectivity index (χ4v) is 3.61. The van der Waals surface area contributed by atoms with Gasteiger partial charge in [-0.05, 0) is 55.7 Å². The predicted molar refractivity (Wildman–Crippen MR) is 113 cm³/mol. The van der Waals surface area contributed by atoms with Crippen LogP contribution in [0.15, 0.2) is 42.5 Å². The molecule has 29 heavy (non-hydrogen) atoms. The minimum atomic E-state index is -1.68. The Balaban J connectivity index is 1.49. The highest BCUT2D eigenvalue weighted by Gasteiger charge is 2.22. The molecule has 1 saturated heterocycles. The first-order valence-corrected chi connectivity index (χ1v) is 10.2. The molecule has 2 aromatic carbocycles. The molecule has 0 spiro atoms. The average molecular weight is 420 g/mol. The van der Waals surface area contributed by atoms with E-state index in [1.807, 2.05) is 12.1 Å². The van der Waals surface area contributed by atoms with Crippen molar-refractivity contribution in [2.75, 3.05) is 13.1 Å². The number of hydrogen-bond acceptors (Lipinski definition) is 4. The molecule has 156 valence electrons. The zero-order valence-corrected chi connectivity index (χ0v) is 17.8. The van der Waals surface area contributed by atoms with Gasteiger partial charge in [0.1, 0.15) is 17.6 Å². The lowest BCUT2D eigenvalue weighted by Crippen LogP contribution is -2.37. The van der Waals surface area contributed by atoms with Crippen molar-refractivity contribution in [1.82, 2.24) is 4.90 Å². The molecule has 0 aliphatic carbocycles. The molecular formula is C23H27ClFNO3. The lowest BCUT2D eigenvalue weighted by atomic mass is 10.1. The second-order valence-corrected chi connectivity index (χ2v) is 8.31. The van der Waals surface area contributed by atoms with Crippen LogP contribution in [-0.2, 0) is 6.54 Å². The van der Waals surface area contributed by atoms with Crippen LogP contribution in [0.25, 0.3) is 0 Å². The molecule has 4 nitrogen and oxygen atoms in total. The van der Waals surface area contributed by atoms with Crippen LogP contribution in [0.2, 0.25) is 5.02 Å². The Morgan fingerprint density at radius 2 is 1.83 bits per heavy atom. The van der Waals surface area contributed by atoms with Crippen molar-refractivity contribution in [2.45, 2.75) is 52.1 Å². The molecule has 0 N–H and O–H groups in total. The van der Waals surface area contributed by atoms with Gasteiger partial charge in [0.05, 0.1) is 5.02 Å². The van der Waals surface area contributed by atoms with E-state index in [9.17, 15) is 9.18 Å². The molecule has 0 unspecified atom stereocenters. The average Bonchev–Trinajstić information content (AvgIpc) is 2.65. The lowest BCUT2D eigenvalue weighted by Gasteiger charge is -2.32. The zero-order valence-electron chi connectivity index (χ0n) is 17.1. The number of piperidine rings is 1. The number of benzene rings is 2. The minimum Gasteiger partial charge on any atom is -0.489 e. The third-order valence-corrected chi connectivity index (χ3v) is 5.15. The molecule has 0 radical (unpaired) electrons. The first-order valence-electron chi connectivity index (χ1n) is 9.86. The zero-order chi connectivity index (χ0) is 21.0. The number of nitrogens with zero attached hydrogens (tertiary/aromatic N) is 1. The Labute approximate surface area is 176 Å². The van der Waals surface area contributed by atoms with E-state index in [4.69, 9.17) is 21.1 Å². The Hall–Kier alpha value is -2.11. The highest BCUT2D eigenvalue weighted by atomic mass is 35.5. The number of rotatable bonds is 7. The van der Waals surface area contributed by atoms with Crippen LogP contribution in [0.5, 0.6) is 11.5 Å². The van der Waals surface area contributed by atoms with Crippen LogP contribution in [-0.4, -0.2) is 35.7 Å². The number of ether oxygens (including phenoxy) is 2. The van der Waals surface area contributed by atoms with E-state index in [0.717, 1.165) is 38.0 Å². The fourth-order valence-electron chi connectivity index (χ4n) is 3.38. The fraction of sp³-hybridized carbons (Fsp3) is 0.435. The molecule has 0 amide bonds. The van der Waals surface area contributed by atoms with Crippen molar-refractivity contribution in [2.24, 2.45) is 0 Å². The Kier molecular flexibility index (Phi) is 6.81. The quantitative estimate of drug-likeness (QED) is 0.542. The van der Waals surface area contributed by atoms with Crippen LogP contribution in [0.3, 0.4) is 0 Å². The number of carbonyl (C=O) groups excluding carboxylic acids is 1. The van der Waals surface area contributed by atoms with E-state index in [0.29, 0.717) is 22.1 Å². The number of alkyl halides is 1. The van der Waals surface area contributed by atoms with E-state index in [-0.39, 0.29) is 11.9 Å². The number of carbonyl (C=O) groups is 1. The normalized spacial score (nSPS) is 15.9. The first kappa shape index (κ1) is 21.6. The number of hydrogen-bond donors (Lipinski definition) is 0. The summed E-state index contributed by atoms with van der Waals surface area (Å²) in [5, 5.41) is 0.471. The van der Waals surface area contributed by atoms with Crippen molar-refractivity contribution in [3.8, 4) is 11.5 Å². The Bertz CT molecular complexity index is 840. The van der Waals surface area contributed by atoms with E-state index in [2.05, 4.69) is 4.90 Å². The molecule has 3 rings (SSSR count). The molecule has 0 atom stereocenters. The van der Waals surface area contributed by atoms with E-state index < -0.39 is 5.85 Å². The minimum absolute atomic E-state index is 0.0141. The summed E-state index contributed by atoms with van der Waals surface area (Å²) in [4.78, 5) is 13.8. The van der Waals surface area contributed by atoms with Gasteiger partial charge in [-0.3, -0.25) is 9.69 Å². The van der Waals surface area contributed by atoms with Crippen molar-refractivity contribution >= 4 is 17.4 Å². The van der Waals surface area contributed by atoms with Crippen molar-refractivity contribution in [3.63, 3.8) is 0 Å². The van der Waals surface area contributed by atoms with Gasteiger partial charge in [0.25, 0.3) is 0 Å². The summed E-state index contributed by atoms with van der Waals surface area (Å²) in [6.07, 6.45) is 1.92. The van der Waals surface area contributed by atoms with Crippen LogP contribution < -0.4 is 9.47 Å². The van der Waals surface area contributed by atoms with Gasteiger partial charge in [0.15, 0.2) is 5.78 Å². The lowest BCUT2D eigenvalue weighted by molar-refractivity contribution is -0.0257. The smallest absolute Gasteiger partial charge is 0.242 e. The number of halogens is 2. The topological polar surface area (TPSA) is 38.8 Å². The largest absolute Gasteiger partial charge is 0.489 e. The molecule has 1 heterocycles. The third kappa shape index (κ3) is 6.44. The molecule has 1 aliphatic heterocycles. The maximum Gasteiger partial charge on any atom is 0.242 e. The number of ketones is 1. The molecule has 1 aliphatic rings. The maximum atomic E-state index is 13.6. The first-order chi connectivity index (χ1) is 13.7. The van der Waals surface area contributed by atoms with Crippen molar-refractivity contribution in [3.05, 3.63) is 58.6 Å². The predicted octanol–water partition coefficient (Wildman–Crippen LogP) is 5.67. The maximum absolute atomic E-state index is 13.6. The molecule has 0 saturated carbocycles. The van der Waals surface area contributed by atoms with Crippen LogP contribution in [0.1, 0.15) is 49.5 Å². The molecule has 2 aromatic rings. The summed E-state index contributed by atoms with van der Waals surface area (Å²) < 4.78 is 24.8. The Morgan fingerprint density at radius 1 is 1.17 bits per heavy atom. The Morgan fingerprint density at radius 3 is 2.38 bits per heavy atom. The SMILES string of the molecule is CC(=O)c1ccc(OC2CCN(Cc3ccc(OC(C)(C)F)cc3)CC2)c(Cl)c1. The molecular weight excluding hydrogens is 393 g/mol. The third-order valence-electron chi connectivity index (χ3n) is 4.86. The van der Waals surface area contributed by atoms with Crippen LogP contribution in [0, 0.1) is 0 Å². The van der Waals surface area contributed by atoms with E-state index in [1.54, 1.807) is 30.3 Å². The highest BCUT2D eigenvalue weighted by molar-refractivity contribution is 6.32. The van der Waals surface area contributed by atoms with Gasteiger partial charge in [0.2, 0.25) is 5.85 Å². The number of Topliss-reactive ketones (excluding diaryl/α,β-unsaturated/α-hetero) is 1. The van der Waals surface area contributed by atoms with Gasteiger partial charge < -0.3 is 9.47 Å². The van der Waals surface area contributed by atoms with Gasteiger partial charge in [-0.2, -0.15) is 4.39 Å². The summed E-state index contributed by atoms with van der Waals surface area (Å²) in [5.74, 6) is -0.541. The summed E-state index contributed by atoms with van der Waals surface area (Å²) in [7, 11) is 0. The van der Waals surface area contributed by atoms with Crippen LogP contribution in [0.4, 0.5) is 4.39 Å². The van der Waals surface area contributed by atoms with E-state index >= 15 is 0 Å². The molecule has 0 bridgehead atoms. The highest BCUT2D eigenvalue weighted by Crippen LogP contribution is 2.29. The molecule has 0 aromatic heterocycles. The van der Waals surface area contributed by atoms with Gasteiger partial charge in [-0.25, -0.2) is 0 Å². The molecule has 1 fully saturated rings. The van der Waals surface area contributed by atoms with Gasteiger partial charge in [0, 0.05) is 39.0 Å². The summed E-state index contributed by atoms with van der Waals surface area (Å²) in [6, 6.07) is 12.7. The second-order valence-electron chi connectivity index (χ2n) is 7.90. The van der Waals surface area contributed by atoms with Crippen LogP contribution >= 0.6 is 11.6 Å². The standard InChI is InChI=1S/C23H27ClFNO3/c1-16(27)18-6-9-22(21(24)14-18)28-19-10-12-26(13-11-19)15-17-4-7-20(8-5-17)29-23(2,3)25/h4-9,14,19H,10-13,15H2,1-3H3.